The highest BCUT2D eigenvalue weighted by Crippen LogP contribution is 2.18. The van der Waals surface area contributed by atoms with Crippen molar-refractivity contribution in [3.8, 4) is 0 Å². The number of hydrogen-bond acceptors (Lipinski definition) is 3. The summed E-state index contributed by atoms with van der Waals surface area (Å²) in [6.07, 6.45) is 2.66. The molecule has 4 nitrogen and oxygen atoms in total. The minimum atomic E-state index is 0.110. The van der Waals surface area contributed by atoms with Crippen LogP contribution in [-0.4, -0.2) is 29.8 Å². The number of nitrogens with zero attached hydrogens (tertiary/aromatic N) is 2. The largest absolute Gasteiger partial charge is 0.384 e. The fourth-order valence-corrected chi connectivity index (χ4v) is 2.33. The highest BCUT2D eigenvalue weighted by Gasteiger charge is 2.15. The molecule has 20 heavy (non-hydrogen) atoms. The van der Waals surface area contributed by atoms with Gasteiger partial charge in [-0.1, -0.05) is 36.8 Å². The predicted octanol–water partition coefficient (Wildman–Crippen LogP) is 2.80. The molecule has 106 valence electrons. The summed E-state index contributed by atoms with van der Waals surface area (Å²) in [7, 11) is 1.65. The lowest BCUT2D eigenvalue weighted by atomic mass is 10.1. The lowest BCUT2D eigenvalue weighted by Crippen LogP contribution is -2.06. The molecule has 1 aromatic heterocycles. The van der Waals surface area contributed by atoms with E-state index in [4.69, 9.17) is 4.74 Å². The van der Waals surface area contributed by atoms with Crippen LogP contribution in [0.1, 0.15) is 40.0 Å². The third-order valence-corrected chi connectivity index (χ3v) is 3.26. The van der Waals surface area contributed by atoms with Crippen molar-refractivity contribution in [2.24, 2.45) is 0 Å². The molecule has 0 bridgehead atoms. The molecular formula is C16H20N2O2. The van der Waals surface area contributed by atoms with E-state index in [1.54, 1.807) is 13.3 Å². The molecular weight excluding hydrogens is 252 g/mol. The number of carbonyl (C=O) groups is 1. The summed E-state index contributed by atoms with van der Waals surface area (Å²) in [5, 5.41) is 4.53. The Hall–Kier alpha value is -1.94. The van der Waals surface area contributed by atoms with Crippen molar-refractivity contribution in [2.45, 2.75) is 26.3 Å². The van der Waals surface area contributed by atoms with E-state index >= 15 is 0 Å². The Kier molecular flexibility index (Phi) is 4.69. The highest BCUT2D eigenvalue weighted by molar-refractivity contribution is 5.76. The summed E-state index contributed by atoms with van der Waals surface area (Å²) in [5.41, 5.74) is 3.84. The molecule has 1 heterocycles. The zero-order valence-corrected chi connectivity index (χ0v) is 12.2. The fraction of sp³-hybridized carbons (Fsp3) is 0.375. The molecule has 0 saturated heterocycles. The second kappa shape index (κ2) is 6.48. The quantitative estimate of drug-likeness (QED) is 0.759. The molecule has 1 aromatic carbocycles. The highest BCUT2D eigenvalue weighted by atomic mass is 16.5. The number of carbonyl (C=O) groups excluding carboxylic acids is 1. The molecule has 0 radical (unpaired) electrons. The third-order valence-electron chi connectivity index (χ3n) is 3.26. The summed E-state index contributed by atoms with van der Waals surface area (Å²) in [6, 6.07) is 8.28. The van der Waals surface area contributed by atoms with E-state index in [1.165, 1.54) is 11.1 Å². The molecule has 0 fully saturated rings. The number of aldehydes is 1. The molecule has 0 aliphatic carbocycles. The lowest BCUT2D eigenvalue weighted by Gasteiger charge is -2.07. The van der Waals surface area contributed by atoms with Gasteiger partial charge in [-0.3, -0.25) is 9.48 Å². The first kappa shape index (κ1) is 14.5. The van der Waals surface area contributed by atoms with Gasteiger partial charge in [-0.05, 0) is 12.5 Å². The second-order valence-corrected chi connectivity index (χ2v) is 5.13. The Morgan fingerprint density at radius 2 is 2.25 bits per heavy atom. The maximum absolute atomic E-state index is 11.2. The lowest BCUT2D eigenvalue weighted by molar-refractivity contribution is 0.112. The van der Waals surface area contributed by atoms with Crippen molar-refractivity contribution in [3.63, 3.8) is 0 Å². The van der Waals surface area contributed by atoms with E-state index < -0.39 is 0 Å². The first-order chi connectivity index (χ1) is 9.63. The number of ether oxygens (including phenoxy) is 1. The molecule has 0 amide bonds. The minimum Gasteiger partial charge on any atom is -0.384 e. The molecule has 4 heteroatoms. The van der Waals surface area contributed by atoms with Gasteiger partial charge in [0.05, 0.1) is 24.4 Å². The van der Waals surface area contributed by atoms with Crippen molar-refractivity contribution < 1.29 is 9.53 Å². The zero-order valence-electron chi connectivity index (χ0n) is 12.2. The van der Waals surface area contributed by atoms with Gasteiger partial charge < -0.3 is 4.74 Å². The van der Waals surface area contributed by atoms with E-state index in [-0.39, 0.29) is 5.92 Å². The van der Waals surface area contributed by atoms with Gasteiger partial charge in [-0.25, -0.2) is 0 Å². The Morgan fingerprint density at radius 1 is 1.45 bits per heavy atom. The van der Waals surface area contributed by atoms with Crippen LogP contribution < -0.4 is 0 Å². The van der Waals surface area contributed by atoms with Crippen LogP contribution in [0.3, 0.4) is 0 Å². The Morgan fingerprint density at radius 3 is 2.90 bits per heavy atom. The summed E-state index contributed by atoms with van der Waals surface area (Å²) in [6.45, 7) is 5.30. The van der Waals surface area contributed by atoms with Crippen molar-refractivity contribution >= 4 is 6.29 Å². The predicted molar refractivity (Wildman–Crippen MR) is 78.2 cm³/mol. The first-order valence-electron chi connectivity index (χ1n) is 6.71. The van der Waals surface area contributed by atoms with Crippen molar-refractivity contribution in [1.29, 1.82) is 0 Å². The van der Waals surface area contributed by atoms with Crippen LogP contribution in [0.5, 0.6) is 0 Å². The summed E-state index contributed by atoms with van der Waals surface area (Å²) in [4.78, 5) is 11.2. The number of benzene rings is 1. The monoisotopic (exact) mass is 272 g/mol. The first-order valence-corrected chi connectivity index (χ1v) is 6.71. The van der Waals surface area contributed by atoms with Crippen molar-refractivity contribution in [3.05, 3.63) is 52.8 Å². The van der Waals surface area contributed by atoms with Crippen LogP contribution in [-0.2, 0) is 11.3 Å². The number of aryl methyl sites for hydroxylation is 1. The summed E-state index contributed by atoms with van der Waals surface area (Å²) < 4.78 is 6.96. The van der Waals surface area contributed by atoms with Crippen LogP contribution in [0, 0.1) is 6.92 Å². The van der Waals surface area contributed by atoms with Gasteiger partial charge in [0, 0.05) is 19.2 Å². The molecule has 1 atom stereocenters. The normalized spacial score (nSPS) is 12.3. The van der Waals surface area contributed by atoms with Gasteiger partial charge in [0.1, 0.15) is 0 Å². The van der Waals surface area contributed by atoms with Gasteiger partial charge in [0.2, 0.25) is 0 Å². The average Bonchev–Trinajstić information content (AvgIpc) is 2.82. The standard InChI is InChI=1S/C16H20N2O2/c1-12-5-4-6-14(7-12)8-18-9-15(10-19)16(17-18)13(2)11-20-3/h4-7,9-10,13H,8,11H2,1-3H3. The van der Waals surface area contributed by atoms with Gasteiger partial charge in [-0.2, -0.15) is 5.10 Å². The molecule has 0 spiro atoms. The number of methoxy groups -OCH3 is 1. The van der Waals surface area contributed by atoms with Gasteiger partial charge >= 0.3 is 0 Å². The van der Waals surface area contributed by atoms with E-state index in [0.29, 0.717) is 18.7 Å². The van der Waals surface area contributed by atoms with E-state index in [0.717, 1.165) is 12.0 Å². The number of hydrogen-bond donors (Lipinski definition) is 0. The smallest absolute Gasteiger partial charge is 0.153 e. The molecule has 2 aromatic rings. The third kappa shape index (κ3) is 3.33. The van der Waals surface area contributed by atoms with Crippen LogP contribution in [0.4, 0.5) is 0 Å². The number of aromatic nitrogens is 2. The zero-order chi connectivity index (χ0) is 14.5. The minimum absolute atomic E-state index is 0.110. The Labute approximate surface area is 119 Å². The van der Waals surface area contributed by atoms with Crippen LogP contribution in [0.25, 0.3) is 0 Å². The summed E-state index contributed by atoms with van der Waals surface area (Å²) in [5.74, 6) is 0.110. The Bertz CT molecular complexity index is 590. The maximum Gasteiger partial charge on any atom is 0.153 e. The molecule has 0 aliphatic rings. The van der Waals surface area contributed by atoms with E-state index in [1.807, 2.05) is 17.7 Å². The Balaban J connectivity index is 2.23. The molecule has 2 rings (SSSR count). The molecule has 0 saturated carbocycles. The maximum atomic E-state index is 11.2. The van der Waals surface area contributed by atoms with Crippen LogP contribution in [0.15, 0.2) is 30.5 Å². The number of rotatable bonds is 6. The summed E-state index contributed by atoms with van der Waals surface area (Å²) >= 11 is 0. The topological polar surface area (TPSA) is 44.1 Å². The van der Waals surface area contributed by atoms with Gasteiger partial charge in [-0.15, -0.1) is 0 Å². The fourth-order valence-electron chi connectivity index (χ4n) is 2.33. The van der Waals surface area contributed by atoms with Crippen LogP contribution in [0.2, 0.25) is 0 Å². The molecule has 0 N–H and O–H groups in total. The van der Waals surface area contributed by atoms with Gasteiger partial charge in [0.15, 0.2) is 6.29 Å². The van der Waals surface area contributed by atoms with Gasteiger partial charge in [0.25, 0.3) is 0 Å². The van der Waals surface area contributed by atoms with E-state index in [2.05, 4.69) is 30.2 Å². The van der Waals surface area contributed by atoms with E-state index in [9.17, 15) is 4.79 Å². The van der Waals surface area contributed by atoms with Crippen molar-refractivity contribution in [1.82, 2.24) is 9.78 Å². The second-order valence-electron chi connectivity index (χ2n) is 5.13. The van der Waals surface area contributed by atoms with Crippen molar-refractivity contribution in [2.75, 3.05) is 13.7 Å². The SMILES string of the molecule is COCC(C)c1nn(Cc2cccc(C)c2)cc1C=O. The average molecular weight is 272 g/mol. The van der Waals surface area contributed by atoms with Crippen LogP contribution >= 0.6 is 0 Å². The molecule has 0 aliphatic heterocycles. The molecule has 1 unspecified atom stereocenters.